The van der Waals surface area contributed by atoms with Gasteiger partial charge in [-0.15, -0.1) is 22.7 Å². The zero-order valence-corrected chi connectivity index (χ0v) is 16.2. The summed E-state index contributed by atoms with van der Waals surface area (Å²) in [6.07, 6.45) is 3.31. The van der Waals surface area contributed by atoms with Gasteiger partial charge in [-0.1, -0.05) is 12.1 Å². The minimum atomic E-state index is 0.100. The van der Waals surface area contributed by atoms with Crippen molar-refractivity contribution in [2.45, 2.75) is 31.8 Å². The van der Waals surface area contributed by atoms with Gasteiger partial charge in [-0.3, -0.25) is 9.69 Å². The number of hydrogen-bond donors (Lipinski definition) is 0. The van der Waals surface area contributed by atoms with Gasteiger partial charge in [-0.25, -0.2) is 4.98 Å². The maximum atomic E-state index is 12.8. The Morgan fingerprint density at radius 3 is 2.81 bits per heavy atom. The molecule has 1 fully saturated rings. The van der Waals surface area contributed by atoms with E-state index in [1.54, 1.807) is 4.88 Å². The normalized spacial score (nSPS) is 19.0. The molecule has 1 amide bonds. The minimum Gasteiger partial charge on any atom is -0.336 e. The zero-order chi connectivity index (χ0) is 17.5. The molecule has 0 N–H and O–H groups in total. The van der Waals surface area contributed by atoms with Crippen LogP contribution in [0.4, 0.5) is 0 Å². The molecule has 3 aromatic rings. The van der Waals surface area contributed by atoms with Crippen LogP contribution >= 0.6 is 22.7 Å². The first kappa shape index (κ1) is 16.4. The van der Waals surface area contributed by atoms with Crippen molar-refractivity contribution in [2.75, 3.05) is 19.6 Å². The molecule has 5 rings (SSSR count). The molecule has 2 aromatic heterocycles. The number of para-hydroxylation sites is 1. The molecule has 26 heavy (non-hydrogen) atoms. The first-order valence-corrected chi connectivity index (χ1v) is 10.9. The van der Waals surface area contributed by atoms with Crippen LogP contribution in [0.5, 0.6) is 0 Å². The van der Waals surface area contributed by atoms with Crippen molar-refractivity contribution in [3.05, 3.63) is 51.2 Å². The average Bonchev–Trinajstić information content (AvgIpc) is 3.33. The number of aromatic nitrogens is 1. The molecule has 2 aliphatic rings. The van der Waals surface area contributed by atoms with E-state index in [0.29, 0.717) is 11.0 Å². The molecule has 1 saturated heterocycles. The van der Waals surface area contributed by atoms with Gasteiger partial charge in [-0.05, 0) is 48.4 Å². The molecule has 0 spiro atoms. The van der Waals surface area contributed by atoms with Crippen molar-refractivity contribution in [2.24, 2.45) is 0 Å². The predicted octanol–water partition coefficient (Wildman–Crippen LogP) is 4.02. The van der Waals surface area contributed by atoms with Crippen molar-refractivity contribution in [3.8, 4) is 0 Å². The van der Waals surface area contributed by atoms with Crippen LogP contribution in [0.3, 0.4) is 0 Å². The van der Waals surface area contributed by atoms with Crippen molar-refractivity contribution in [3.63, 3.8) is 0 Å². The zero-order valence-electron chi connectivity index (χ0n) is 14.6. The third kappa shape index (κ3) is 2.96. The minimum absolute atomic E-state index is 0.100. The third-order valence-corrected chi connectivity index (χ3v) is 7.63. The number of benzene rings is 1. The van der Waals surface area contributed by atoms with E-state index < -0.39 is 0 Å². The Hall–Kier alpha value is -1.76. The van der Waals surface area contributed by atoms with Crippen LogP contribution in [0.2, 0.25) is 0 Å². The summed E-state index contributed by atoms with van der Waals surface area (Å²) in [7, 11) is 0. The maximum Gasteiger partial charge on any atom is 0.282 e. The molecule has 4 heterocycles. The summed E-state index contributed by atoms with van der Waals surface area (Å²) in [6, 6.07) is 10.9. The Bertz CT molecular complexity index is 906. The fourth-order valence-electron chi connectivity index (χ4n) is 4.12. The standard InChI is InChI=1S/C20H21N3OS2/c24-20(19-21-16-3-1-2-4-18(16)26-19)22-9-5-15(6-10-22)23-11-7-17-14(13-23)8-12-25-17/h1-4,8,12,15H,5-7,9-11,13H2. The summed E-state index contributed by atoms with van der Waals surface area (Å²) in [5, 5.41) is 2.85. The molecule has 0 radical (unpaired) electrons. The van der Waals surface area contributed by atoms with E-state index in [0.717, 1.165) is 49.2 Å². The van der Waals surface area contributed by atoms with E-state index in [1.807, 2.05) is 40.5 Å². The van der Waals surface area contributed by atoms with Crippen LogP contribution in [0, 0.1) is 0 Å². The summed E-state index contributed by atoms with van der Waals surface area (Å²) in [4.78, 5) is 23.6. The van der Waals surface area contributed by atoms with Crippen LogP contribution in [-0.2, 0) is 13.0 Å². The van der Waals surface area contributed by atoms with Crippen molar-refractivity contribution < 1.29 is 4.79 Å². The highest BCUT2D eigenvalue weighted by Crippen LogP contribution is 2.29. The predicted molar refractivity (Wildman–Crippen MR) is 107 cm³/mol. The second-order valence-electron chi connectivity index (χ2n) is 7.10. The topological polar surface area (TPSA) is 36.4 Å². The van der Waals surface area contributed by atoms with Crippen molar-refractivity contribution >= 4 is 38.8 Å². The number of nitrogens with zero attached hydrogens (tertiary/aromatic N) is 3. The lowest BCUT2D eigenvalue weighted by Gasteiger charge is -2.40. The fraction of sp³-hybridized carbons (Fsp3) is 0.400. The lowest BCUT2D eigenvalue weighted by molar-refractivity contribution is 0.0600. The molecule has 2 aliphatic heterocycles. The number of carbonyl (C=O) groups is 1. The van der Waals surface area contributed by atoms with E-state index >= 15 is 0 Å². The summed E-state index contributed by atoms with van der Waals surface area (Å²) in [5.74, 6) is 0.100. The summed E-state index contributed by atoms with van der Waals surface area (Å²) in [6.45, 7) is 3.91. The van der Waals surface area contributed by atoms with Crippen LogP contribution in [0.15, 0.2) is 35.7 Å². The highest BCUT2D eigenvalue weighted by atomic mass is 32.1. The highest BCUT2D eigenvalue weighted by Gasteiger charge is 2.30. The molecule has 0 aliphatic carbocycles. The summed E-state index contributed by atoms with van der Waals surface area (Å²) >= 11 is 3.40. The largest absolute Gasteiger partial charge is 0.336 e. The Morgan fingerprint density at radius 1 is 1.12 bits per heavy atom. The Balaban J connectivity index is 1.23. The lowest BCUT2D eigenvalue weighted by Crippen LogP contribution is -2.47. The number of amides is 1. The fourth-order valence-corrected chi connectivity index (χ4v) is 5.94. The van der Waals surface area contributed by atoms with E-state index in [9.17, 15) is 4.79 Å². The maximum absolute atomic E-state index is 12.8. The molecule has 0 bridgehead atoms. The molecular weight excluding hydrogens is 362 g/mol. The third-order valence-electron chi connectivity index (χ3n) is 5.58. The van der Waals surface area contributed by atoms with Crippen LogP contribution < -0.4 is 0 Å². The summed E-state index contributed by atoms with van der Waals surface area (Å²) in [5.41, 5.74) is 2.44. The number of thiazole rings is 1. The monoisotopic (exact) mass is 383 g/mol. The molecule has 4 nitrogen and oxygen atoms in total. The highest BCUT2D eigenvalue weighted by molar-refractivity contribution is 7.20. The van der Waals surface area contributed by atoms with Crippen LogP contribution in [0.1, 0.15) is 33.1 Å². The van der Waals surface area contributed by atoms with Gasteiger partial charge in [-0.2, -0.15) is 0 Å². The van der Waals surface area contributed by atoms with Gasteiger partial charge in [0.25, 0.3) is 5.91 Å². The number of carbonyl (C=O) groups excluding carboxylic acids is 1. The van der Waals surface area contributed by atoms with Gasteiger partial charge < -0.3 is 4.90 Å². The quantitative estimate of drug-likeness (QED) is 0.671. The van der Waals surface area contributed by atoms with Gasteiger partial charge in [0.2, 0.25) is 0 Å². The van der Waals surface area contributed by atoms with Crippen molar-refractivity contribution in [1.82, 2.24) is 14.8 Å². The average molecular weight is 384 g/mol. The number of likely N-dealkylation sites (tertiary alicyclic amines) is 1. The summed E-state index contributed by atoms with van der Waals surface area (Å²) < 4.78 is 1.09. The van der Waals surface area contributed by atoms with E-state index in [4.69, 9.17) is 0 Å². The first-order chi connectivity index (χ1) is 12.8. The SMILES string of the molecule is O=C(c1nc2ccccc2s1)N1CCC(N2CCc3sccc3C2)CC1. The van der Waals surface area contributed by atoms with Crippen LogP contribution in [0.25, 0.3) is 10.2 Å². The number of thiophene rings is 1. The molecule has 1 aromatic carbocycles. The van der Waals surface area contributed by atoms with Gasteiger partial charge in [0, 0.05) is 37.1 Å². The molecule has 0 saturated carbocycles. The van der Waals surface area contributed by atoms with E-state index in [2.05, 4.69) is 21.3 Å². The van der Waals surface area contributed by atoms with Gasteiger partial charge in [0.1, 0.15) is 0 Å². The number of piperidine rings is 1. The number of rotatable bonds is 2. The number of fused-ring (bicyclic) bond motifs is 2. The smallest absolute Gasteiger partial charge is 0.282 e. The molecule has 134 valence electrons. The lowest BCUT2D eigenvalue weighted by atomic mass is 9.99. The first-order valence-electron chi connectivity index (χ1n) is 9.22. The molecule has 6 heteroatoms. The number of hydrogen-bond acceptors (Lipinski definition) is 5. The van der Waals surface area contributed by atoms with Gasteiger partial charge in [0.15, 0.2) is 5.01 Å². The van der Waals surface area contributed by atoms with Crippen molar-refractivity contribution in [1.29, 1.82) is 0 Å². The second kappa shape index (κ2) is 6.76. The Morgan fingerprint density at radius 2 is 1.96 bits per heavy atom. The van der Waals surface area contributed by atoms with E-state index in [-0.39, 0.29) is 5.91 Å². The Labute approximate surface area is 161 Å². The molecule has 0 unspecified atom stereocenters. The van der Waals surface area contributed by atoms with Gasteiger partial charge >= 0.3 is 0 Å². The second-order valence-corrected chi connectivity index (χ2v) is 9.13. The van der Waals surface area contributed by atoms with Gasteiger partial charge in [0.05, 0.1) is 10.2 Å². The van der Waals surface area contributed by atoms with Crippen LogP contribution in [-0.4, -0.2) is 46.4 Å². The molecule has 0 atom stereocenters. The molecular formula is C20H21N3OS2. The van der Waals surface area contributed by atoms with E-state index in [1.165, 1.54) is 23.3 Å². The Kier molecular flexibility index (Phi) is 4.27.